The Morgan fingerprint density at radius 1 is 0.973 bits per heavy atom. The van der Waals surface area contributed by atoms with Crippen molar-refractivity contribution in [2.45, 2.75) is 68.9 Å². The smallest absolute Gasteiger partial charge is 0.475 e. The van der Waals surface area contributed by atoms with Gasteiger partial charge in [-0.05, 0) is 37.8 Å². The minimum Gasteiger partial charge on any atom is -0.475 e. The van der Waals surface area contributed by atoms with Crippen LogP contribution in [-0.4, -0.2) is 95.0 Å². The van der Waals surface area contributed by atoms with Crippen molar-refractivity contribution in [2.24, 2.45) is 0 Å². The quantitative estimate of drug-likeness (QED) is 0.549. The van der Waals surface area contributed by atoms with Crippen LogP contribution in [0.4, 0.5) is 26.3 Å². The summed E-state index contributed by atoms with van der Waals surface area (Å²) in [6, 6.07) is 7.14. The Labute approximate surface area is 208 Å². The van der Waals surface area contributed by atoms with E-state index in [0.717, 1.165) is 51.3 Å². The maximum Gasteiger partial charge on any atom is 0.490 e. The van der Waals surface area contributed by atoms with Gasteiger partial charge in [-0.1, -0.05) is 6.07 Å². The fraction of sp³-hybridized carbons (Fsp3) is 0.682. The van der Waals surface area contributed by atoms with E-state index in [1.807, 2.05) is 24.4 Å². The molecular formula is C22H28F6N2O7. The summed E-state index contributed by atoms with van der Waals surface area (Å²) in [6.07, 6.45) is -3.36. The van der Waals surface area contributed by atoms with Crippen LogP contribution in [0.5, 0.6) is 0 Å². The number of nitrogens with zero attached hydrogens (tertiary/aromatic N) is 2. The molecule has 210 valence electrons. The van der Waals surface area contributed by atoms with Crippen LogP contribution in [-0.2, 0) is 30.4 Å². The first-order valence-corrected chi connectivity index (χ1v) is 11.4. The van der Waals surface area contributed by atoms with Gasteiger partial charge in [0.15, 0.2) is 0 Å². The van der Waals surface area contributed by atoms with Crippen molar-refractivity contribution in [2.75, 3.05) is 26.4 Å². The Balaban J connectivity index is 0.000000286. The summed E-state index contributed by atoms with van der Waals surface area (Å²) in [4.78, 5) is 24.8. The second-order valence-electron chi connectivity index (χ2n) is 8.34. The van der Waals surface area contributed by atoms with E-state index in [1.54, 1.807) is 0 Å². The van der Waals surface area contributed by atoms with Crippen molar-refractivity contribution < 1.29 is 60.4 Å². The number of rotatable bonds is 4. The Hall–Kier alpha value is -2.49. The fourth-order valence-corrected chi connectivity index (χ4v) is 4.27. The summed E-state index contributed by atoms with van der Waals surface area (Å²) in [5.41, 5.74) is 0.994. The molecule has 9 nitrogen and oxygen atoms in total. The summed E-state index contributed by atoms with van der Waals surface area (Å²) >= 11 is 0. The molecule has 0 unspecified atom stereocenters. The Bertz CT molecular complexity index is 826. The number of pyridine rings is 1. The first kappa shape index (κ1) is 30.7. The van der Waals surface area contributed by atoms with Crippen LogP contribution < -0.4 is 0 Å². The molecule has 0 amide bonds. The van der Waals surface area contributed by atoms with E-state index < -0.39 is 24.3 Å². The van der Waals surface area contributed by atoms with Gasteiger partial charge in [0.25, 0.3) is 0 Å². The number of alkyl halides is 6. The van der Waals surface area contributed by atoms with Gasteiger partial charge in [-0.25, -0.2) is 9.59 Å². The molecular weight excluding hydrogens is 518 g/mol. The number of aromatic nitrogens is 1. The topological polar surface area (TPSA) is 118 Å². The number of hydrogen-bond acceptors (Lipinski definition) is 7. The molecule has 15 heteroatoms. The number of carboxylic acid groups (broad SMARTS) is 2. The lowest BCUT2D eigenvalue weighted by atomic mass is 10.0. The van der Waals surface area contributed by atoms with E-state index >= 15 is 0 Å². The number of halogens is 6. The third-order valence-electron chi connectivity index (χ3n) is 5.89. The number of carboxylic acids is 2. The second-order valence-corrected chi connectivity index (χ2v) is 8.34. The zero-order chi connectivity index (χ0) is 27.6. The predicted molar refractivity (Wildman–Crippen MR) is 114 cm³/mol. The third-order valence-corrected chi connectivity index (χ3v) is 5.89. The van der Waals surface area contributed by atoms with Crippen molar-refractivity contribution in [3.8, 4) is 0 Å². The molecule has 3 heterocycles. The molecule has 2 aliphatic heterocycles. The Morgan fingerprint density at radius 3 is 2.08 bits per heavy atom. The predicted octanol–water partition coefficient (Wildman–Crippen LogP) is 3.28. The van der Waals surface area contributed by atoms with E-state index in [-0.39, 0.29) is 12.2 Å². The standard InChI is InChI=1S/C18H26N2O3.2C2HF3O2/c1-2-8-19-14(3-1)13-23-17-5-4-16-18(17)22-12-9-20(16)15-6-10-21-11-7-15;2*3-2(4,5)1(6)7/h1-3,8,15-18H,4-7,9-13H2;2*(H,6,7)/t16-,17-,18+;;/m0../s1. The molecule has 3 atom stereocenters. The lowest BCUT2D eigenvalue weighted by Gasteiger charge is -2.44. The van der Waals surface area contributed by atoms with Crippen molar-refractivity contribution in [3.05, 3.63) is 30.1 Å². The van der Waals surface area contributed by atoms with Gasteiger partial charge in [0, 0.05) is 38.0 Å². The zero-order valence-electron chi connectivity index (χ0n) is 19.6. The van der Waals surface area contributed by atoms with E-state index in [1.165, 1.54) is 6.42 Å². The molecule has 1 aromatic rings. The number of carbonyl (C=O) groups is 2. The molecule has 3 fully saturated rings. The number of hydrogen-bond donors (Lipinski definition) is 2. The minimum atomic E-state index is -5.08. The Morgan fingerprint density at radius 2 is 1.57 bits per heavy atom. The zero-order valence-corrected chi connectivity index (χ0v) is 19.6. The van der Waals surface area contributed by atoms with Gasteiger partial charge in [-0.15, -0.1) is 0 Å². The van der Waals surface area contributed by atoms with Crippen LogP contribution in [0, 0.1) is 0 Å². The van der Waals surface area contributed by atoms with Crippen LogP contribution in [0.3, 0.4) is 0 Å². The van der Waals surface area contributed by atoms with Crippen molar-refractivity contribution in [1.82, 2.24) is 9.88 Å². The largest absolute Gasteiger partial charge is 0.490 e. The third kappa shape index (κ3) is 10.1. The van der Waals surface area contributed by atoms with Crippen LogP contribution >= 0.6 is 0 Å². The van der Waals surface area contributed by atoms with Gasteiger partial charge >= 0.3 is 24.3 Å². The fourth-order valence-electron chi connectivity index (χ4n) is 4.27. The summed E-state index contributed by atoms with van der Waals surface area (Å²) in [6.45, 7) is 4.26. The highest BCUT2D eigenvalue weighted by atomic mass is 19.4. The number of morpholine rings is 1. The van der Waals surface area contributed by atoms with Gasteiger partial charge in [0.2, 0.25) is 0 Å². The van der Waals surface area contributed by atoms with E-state index in [0.29, 0.717) is 18.7 Å². The van der Waals surface area contributed by atoms with Gasteiger partial charge < -0.3 is 24.4 Å². The molecule has 0 aromatic carbocycles. The summed E-state index contributed by atoms with van der Waals surface area (Å²) in [5, 5.41) is 14.2. The normalized spacial score (nSPS) is 24.6. The molecule has 2 N–H and O–H groups in total. The van der Waals surface area contributed by atoms with Crippen LogP contribution in [0.25, 0.3) is 0 Å². The maximum absolute atomic E-state index is 10.6. The first-order valence-electron chi connectivity index (χ1n) is 11.4. The molecule has 1 aromatic heterocycles. The van der Waals surface area contributed by atoms with E-state index in [4.69, 9.17) is 34.0 Å². The summed E-state index contributed by atoms with van der Waals surface area (Å²) < 4.78 is 81.3. The average molecular weight is 546 g/mol. The number of ether oxygens (including phenoxy) is 3. The molecule has 2 saturated heterocycles. The molecule has 3 aliphatic rings. The molecule has 1 aliphatic carbocycles. The van der Waals surface area contributed by atoms with Crippen molar-refractivity contribution in [1.29, 1.82) is 0 Å². The highest BCUT2D eigenvalue weighted by molar-refractivity contribution is 5.73. The molecule has 0 spiro atoms. The maximum atomic E-state index is 10.6. The average Bonchev–Trinajstić information content (AvgIpc) is 3.27. The lowest BCUT2D eigenvalue weighted by Crippen LogP contribution is -2.56. The molecule has 0 radical (unpaired) electrons. The molecule has 4 rings (SSSR count). The molecule has 37 heavy (non-hydrogen) atoms. The van der Waals surface area contributed by atoms with Crippen LogP contribution in [0.15, 0.2) is 24.4 Å². The summed E-state index contributed by atoms with van der Waals surface area (Å²) in [7, 11) is 0. The SMILES string of the molecule is O=C(O)C(F)(F)F.O=C(O)C(F)(F)F.c1ccc(CO[C@H]2CC[C@H]3[C@H]2OCCN3C2CCOCC2)nc1. The molecule has 1 saturated carbocycles. The van der Waals surface area contributed by atoms with E-state index in [2.05, 4.69) is 9.88 Å². The number of aliphatic carboxylic acids is 2. The van der Waals surface area contributed by atoms with Gasteiger partial charge in [0.1, 0.15) is 0 Å². The van der Waals surface area contributed by atoms with Crippen LogP contribution in [0.1, 0.15) is 31.4 Å². The second kappa shape index (κ2) is 13.9. The highest BCUT2D eigenvalue weighted by Gasteiger charge is 2.45. The monoisotopic (exact) mass is 546 g/mol. The minimum absolute atomic E-state index is 0.199. The van der Waals surface area contributed by atoms with Gasteiger partial charge in [-0.2, -0.15) is 26.3 Å². The van der Waals surface area contributed by atoms with E-state index in [9.17, 15) is 26.3 Å². The van der Waals surface area contributed by atoms with Gasteiger partial charge in [-0.3, -0.25) is 9.88 Å². The van der Waals surface area contributed by atoms with Crippen molar-refractivity contribution >= 4 is 11.9 Å². The van der Waals surface area contributed by atoms with Gasteiger partial charge in [0.05, 0.1) is 31.1 Å². The van der Waals surface area contributed by atoms with Crippen LogP contribution in [0.2, 0.25) is 0 Å². The van der Waals surface area contributed by atoms with Crippen molar-refractivity contribution in [3.63, 3.8) is 0 Å². The Kier molecular flexibility index (Phi) is 11.5. The first-order chi connectivity index (χ1) is 17.3. The lowest BCUT2D eigenvalue weighted by molar-refractivity contribution is -0.193. The highest BCUT2D eigenvalue weighted by Crippen LogP contribution is 2.35. The number of fused-ring (bicyclic) bond motifs is 1. The molecule has 0 bridgehead atoms. The summed E-state index contributed by atoms with van der Waals surface area (Å²) in [5.74, 6) is -5.51.